The van der Waals surface area contributed by atoms with Crippen molar-refractivity contribution in [3.8, 4) is 17.1 Å². The van der Waals surface area contributed by atoms with Gasteiger partial charge >= 0.3 is 5.97 Å². The van der Waals surface area contributed by atoms with Crippen molar-refractivity contribution >= 4 is 5.97 Å². The maximum absolute atomic E-state index is 10.9. The van der Waals surface area contributed by atoms with Crippen LogP contribution in [-0.2, 0) is 4.79 Å². The highest BCUT2D eigenvalue weighted by atomic mass is 16.5. The Hall–Kier alpha value is -2.44. The summed E-state index contributed by atoms with van der Waals surface area (Å²) >= 11 is 0. The van der Waals surface area contributed by atoms with Crippen LogP contribution in [0.3, 0.4) is 0 Å². The molecule has 0 saturated heterocycles. The molecule has 1 aromatic heterocycles. The number of aromatic amines is 1. The van der Waals surface area contributed by atoms with Gasteiger partial charge in [-0.3, -0.25) is 4.79 Å². The summed E-state index contributed by atoms with van der Waals surface area (Å²) in [5.41, 5.74) is 0.866. The van der Waals surface area contributed by atoms with E-state index in [-0.39, 0.29) is 12.0 Å². The van der Waals surface area contributed by atoms with Gasteiger partial charge in [0.15, 0.2) is 0 Å². The molecule has 2 N–H and O–H groups in total. The lowest BCUT2D eigenvalue weighted by Crippen LogP contribution is -2.27. The summed E-state index contributed by atoms with van der Waals surface area (Å²) in [5, 5.41) is 22.7. The summed E-state index contributed by atoms with van der Waals surface area (Å²) in [5.74, 6) is 0.410. The van der Waals surface area contributed by atoms with Gasteiger partial charge in [0.2, 0.25) is 5.82 Å². The fraction of sp³-hybridized carbons (Fsp3) is 0.429. The lowest BCUT2D eigenvalue weighted by atomic mass is 9.87. The molecule has 0 spiro atoms. The highest BCUT2D eigenvalue weighted by Gasteiger charge is 2.26. The minimum absolute atomic E-state index is 0.0941. The number of ether oxygens (including phenoxy) is 1. The average molecular weight is 288 g/mol. The minimum Gasteiger partial charge on any atom is -0.490 e. The standard InChI is InChI=1S/C14H16N4O3/c19-14(20)10-3-7-12(8-4-10)21-11-5-1-9(2-6-11)13-15-17-18-16-13/h1-2,5-6,10,12H,3-4,7-8H2,(H,19,20)(H,15,16,17,18). The van der Waals surface area contributed by atoms with E-state index in [1.54, 1.807) is 0 Å². The van der Waals surface area contributed by atoms with Crippen LogP contribution < -0.4 is 4.74 Å². The molecule has 1 heterocycles. The summed E-state index contributed by atoms with van der Waals surface area (Å²) in [4.78, 5) is 10.9. The zero-order chi connectivity index (χ0) is 14.7. The Bertz CT molecular complexity index is 589. The highest BCUT2D eigenvalue weighted by Crippen LogP contribution is 2.28. The van der Waals surface area contributed by atoms with Gasteiger partial charge in [-0.15, -0.1) is 10.2 Å². The maximum Gasteiger partial charge on any atom is 0.306 e. The summed E-state index contributed by atoms with van der Waals surface area (Å²) in [6, 6.07) is 7.50. The molecule has 0 unspecified atom stereocenters. The molecule has 1 aromatic carbocycles. The molecule has 1 saturated carbocycles. The first-order chi connectivity index (χ1) is 10.2. The lowest BCUT2D eigenvalue weighted by molar-refractivity contribution is -0.143. The van der Waals surface area contributed by atoms with Crippen molar-refractivity contribution in [1.82, 2.24) is 20.6 Å². The first-order valence-electron chi connectivity index (χ1n) is 6.96. The van der Waals surface area contributed by atoms with Gasteiger partial charge in [-0.2, -0.15) is 5.21 Å². The van der Waals surface area contributed by atoms with E-state index in [1.165, 1.54) is 0 Å². The van der Waals surface area contributed by atoms with E-state index >= 15 is 0 Å². The third kappa shape index (κ3) is 3.18. The van der Waals surface area contributed by atoms with E-state index in [0.717, 1.165) is 24.2 Å². The Morgan fingerprint density at radius 1 is 1.19 bits per heavy atom. The fourth-order valence-electron chi connectivity index (χ4n) is 2.59. The third-order valence-electron chi connectivity index (χ3n) is 3.78. The van der Waals surface area contributed by atoms with Crippen molar-refractivity contribution in [2.75, 3.05) is 0 Å². The highest BCUT2D eigenvalue weighted by molar-refractivity contribution is 5.70. The third-order valence-corrected chi connectivity index (χ3v) is 3.78. The molecule has 1 aliphatic carbocycles. The van der Waals surface area contributed by atoms with Crippen molar-refractivity contribution in [3.05, 3.63) is 24.3 Å². The van der Waals surface area contributed by atoms with Crippen LogP contribution in [0, 0.1) is 5.92 Å². The maximum atomic E-state index is 10.9. The summed E-state index contributed by atoms with van der Waals surface area (Å²) < 4.78 is 5.90. The fourth-order valence-corrected chi connectivity index (χ4v) is 2.59. The summed E-state index contributed by atoms with van der Waals surface area (Å²) in [6.45, 7) is 0. The first kappa shape index (κ1) is 13.5. The largest absolute Gasteiger partial charge is 0.490 e. The zero-order valence-electron chi connectivity index (χ0n) is 11.4. The molecule has 7 nitrogen and oxygen atoms in total. The van der Waals surface area contributed by atoms with Crippen LogP contribution in [0.5, 0.6) is 5.75 Å². The Morgan fingerprint density at radius 3 is 2.48 bits per heavy atom. The van der Waals surface area contributed by atoms with Gasteiger partial charge in [0.25, 0.3) is 0 Å². The number of hydrogen-bond donors (Lipinski definition) is 2. The second kappa shape index (κ2) is 5.90. The Kier molecular flexibility index (Phi) is 3.81. The quantitative estimate of drug-likeness (QED) is 0.891. The normalized spacial score (nSPS) is 21.9. The van der Waals surface area contributed by atoms with Crippen LogP contribution >= 0.6 is 0 Å². The molecule has 0 amide bonds. The van der Waals surface area contributed by atoms with E-state index < -0.39 is 5.97 Å². The molecular weight excluding hydrogens is 272 g/mol. The van der Waals surface area contributed by atoms with E-state index in [9.17, 15) is 4.79 Å². The van der Waals surface area contributed by atoms with E-state index in [1.807, 2.05) is 24.3 Å². The van der Waals surface area contributed by atoms with E-state index in [2.05, 4.69) is 20.6 Å². The number of aliphatic carboxylic acids is 1. The van der Waals surface area contributed by atoms with Gasteiger partial charge in [0.1, 0.15) is 5.75 Å². The van der Waals surface area contributed by atoms with Gasteiger partial charge in [-0.05, 0) is 55.2 Å². The molecular formula is C14H16N4O3. The van der Waals surface area contributed by atoms with Crippen LogP contribution in [0.15, 0.2) is 24.3 Å². The van der Waals surface area contributed by atoms with Crippen LogP contribution in [0.25, 0.3) is 11.4 Å². The van der Waals surface area contributed by atoms with Crippen molar-refractivity contribution in [2.24, 2.45) is 5.92 Å². The molecule has 1 aliphatic rings. The number of H-pyrrole nitrogens is 1. The monoisotopic (exact) mass is 288 g/mol. The number of aromatic nitrogens is 4. The molecule has 3 rings (SSSR count). The molecule has 0 bridgehead atoms. The molecule has 2 aromatic rings. The second-order valence-corrected chi connectivity index (χ2v) is 5.19. The topological polar surface area (TPSA) is 101 Å². The molecule has 0 aliphatic heterocycles. The second-order valence-electron chi connectivity index (χ2n) is 5.19. The van der Waals surface area contributed by atoms with Gasteiger partial charge in [0, 0.05) is 5.56 Å². The first-order valence-corrected chi connectivity index (χ1v) is 6.96. The van der Waals surface area contributed by atoms with Crippen molar-refractivity contribution < 1.29 is 14.6 Å². The number of rotatable bonds is 4. The lowest BCUT2D eigenvalue weighted by Gasteiger charge is -2.26. The van der Waals surface area contributed by atoms with Crippen molar-refractivity contribution in [3.63, 3.8) is 0 Å². The zero-order valence-corrected chi connectivity index (χ0v) is 11.4. The number of nitrogens with one attached hydrogen (secondary N) is 1. The number of hydrogen-bond acceptors (Lipinski definition) is 5. The van der Waals surface area contributed by atoms with Crippen LogP contribution in [0.2, 0.25) is 0 Å². The van der Waals surface area contributed by atoms with Gasteiger partial charge in [-0.25, -0.2) is 0 Å². The number of carboxylic acids is 1. The van der Waals surface area contributed by atoms with Gasteiger partial charge in [-0.1, -0.05) is 0 Å². The minimum atomic E-state index is -0.696. The molecule has 0 radical (unpaired) electrons. The number of carboxylic acid groups (broad SMARTS) is 1. The molecule has 1 fully saturated rings. The Labute approximate surface area is 121 Å². The Morgan fingerprint density at radius 2 is 1.90 bits per heavy atom. The van der Waals surface area contributed by atoms with Gasteiger partial charge < -0.3 is 9.84 Å². The number of tetrazole rings is 1. The summed E-state index contributed by atoms with van der Waals surface area (Å²) in [6.07, 6.45) is 3.02. The molecule has 7 heteroatoms. The number of benzene rings is 1. The smallest absolute Gasteiger partial charge is 0.306 e. The van der Waals surface area contributed by atoms with Crippen molar-refractivity contribution in [1.29, 1.82) is 0 Å². The Balaban J connectivity index is 1.58. The molecule has 0 atom stereocenters. The SMILES string of the molecule is O=C(O)C1CCC(Oc2ccc(-c3nn[nH]n3)cc2)CC1. The predicted molar refractivity (Wildman–Crippen MR) is 73.6 cm³/mol. The van der Waals surface area contributed by atoms with Gasteiger partial charge in [0.05, 0.1) is 12.0 Å². The molecule has 110 valence electrons. The number of nitrogens with zero attached hydrogens (tertiary/aromatic N) is 3. The van der Waals surface area contributed by atoms with Crippen molar-refractivity contribution in [2.45, 2.75) is 31.8 Å². The average Bonchev–Trinajstić information content (AvgIpc) is 3.03. The molecule has 21 heavy (non-hydrogen) atoms. The predicted octanol–water partition coefficient (Wildman–Crippen LogP) is 1.89. The van der Waals surface area contributed by atoms with Crippen LogP contribution in [0.4, 0.5) is 0 Å². The summed E-state index contributed by atoms with van der Waals surface area (Å²) in [7, 11) is 0. The van der Waals surface area contributed by atoms with Crippen LogP contribution in [-0.4, -0.2) is 37.8 Å². The number of carbonyl (C=O) groups is 1. The van der Waals surface area contributed by atoms with E-state index in [4.69, 9.17) is 9.84 Å². The van der Waals surface area contributed by atoms with Crippen LogP contribution in [0.1, 0.15) is 25.7 Å². The van der Waals surface area contributed by atoms with E-state index in [0.29, 0.717) is 18.7 Å².